The van der Waals surface area contributed by atoms with E-state index in [2.05, 4.69) is 5.32 Å². The van der Waals surface area contributed by atoms with Gasteiger partial charge >= 0.3 is 0 Å². The Balaban J connectivity index is 1.56. The summed E-state index contributed by atoms with van der Waals surface area (Å²) in [6.07, 6.45) is 0. The van der Waals surface area contributed by atoms with Gasteiger partial charge in [0, 0.05) is 48.5 Å². The number of benzene rings is 2. The highest BCUT2D eigenvalue weighted by atomic mass is 35.5. The normalized spacial score (nSPS) is 15.7. The maximum Gasteiger partial charge on any atom is 0.274 e. The molecule has 0 spiro atoms. The van der Waals surface area contributed by atoms with Crippen molar-refractivity contribution in [2.45, 2.75) is 11.8 Å². The third-order valence-corrected chi connectivity index (χ3v) is 6.95. The van der Waals surface area contributed by atoms with Crippen molar-refractivity contribution < 1.29 is 18.1 Å². The van der Waals surface area contributed by atoms with Gasteiger partial charge in [-0.05, 0) is 31.2 Å². The number of anilines is 1. The van der Waals surface area contributed by atoms with E-state index in [0.29, 0.717) is 29.4 Å². The second-order valence-electron chi connectivity index (χ2n) is 6.94. The summed E-state index contributed by atoms with van der Waals surface area (Å²) in [5.41, 5.74) is 0.794. The van der Waals surface area contributed by atoms with E-state index >= 15 is 0 Å². The van der Waals surface area contributed by atoms with Crippen LogP contribution in [0.2, 0.25) is 5.02 Å². The molecule has 2 aromatic rings. The molecule has 0 saturated carbocycles. The number of hydrogen-bond acceptors (Lipinski definition) is 6. The molecule has 160 valence electrons. The molecule has 1 aliphatic rings. The maximum absolute atomic E-state index is 12.7. The number of nitro groups is 1. The van der Waals surface area contributed by atoms with Crippen LogP contribution in [0.3, 0.4) is 0 Å². The predicted octanol–water partition coefficient (Wildman–Crippen LogP) is 2.50. The summed E-state index contributed by atoms with van der Waals surface area (Å²) < 4.78 is 26.8. The predicted molar refractivity (Wildman–Crippen MR) is 113 cm³/mol. The Morgan fingerprint density at radius 2 is 1.87 bits per heavy atom. The minimum atomic E-state index is -3.64. The van der Waals surface area contributed by atoms with E-state index in [1.807, 2.05) is 4.90 Å². The second kappa shape index (κ2) is 9.09. The number of nitrogens with zero attached hydrogens (tertiary/aromatic N) is 3. The standard InChI is InChI=1S/C19H21ClN4O5S/c1-14-5-6-16(12-18(14)24(26)27)21-19(25)13-22-7-9-23(10-8-22)30(28,29)17-4-2-3-15(20)11-17/h2-6,11-12H,7-10,13H2,1H3,(H,21,25). The van der Waals surface area contributed by atoms with Crippen molar-refractivity contribution >= 4 is 38.9 Å². The molecule has 1 saturated heterocycles. The Kier molecular flexibility index (Phi) is 6.71. The van der Waals surface area contributed by atoms with Crippen molar-refractivity contribution in [1.82, 2.24) is 9.21 Å². The van der Waals surface area contributed by atoms with Crippen LogP contribution in [0.15, 0.2) is 47.4 Å². The topological polar surface area (TPSA) is 113 Å². The molecule has 0 aromatic heterocycles. The summed E-state index contributed by atoms with van der Waals surface area (Å²) in [6.45, 7) is 2.96. The number of hydrogen-bond donors (Lipinski definition) is 1. The summed E-state index contributed by atoms with van der Waals surface area (Å²) in [6, 6.07) is 10.6. The fourth-order valence-electron chi connectivity index (χ4n) is 3.19. The van der Waals surface area contributed by atoms with E-state index in [9.17, 15) is 23.3 Å². The molecular formula is C19H21ClN4O5S. The summed E-state index contributed by atoms with van der Waals surface area (Å²) >= 11 is 5.90. The summed E-state index contributed by atoms with van der Waals surface area (Å²) in [4.78, 5) is 24.8. The lowest BCUT2D eigenvalue weighted by molar-refractivity contribution is -0.385. The van der Waals surface area contributed by atoms with Gasteiger partial charge in [0.2, 0.25) is 15.9 Å². The van der Waals surface area contributed by atoms with E-state index < -0.39 is 14.9 Å². The third kappa shape index (κ3) is 5.14. The highest BCUT2D eigenvalue weighted by molar-refractivity contribution is 7.89. The quantitative estimate of drug-likeness (QED) is 0.532. The van der Waals surface area contributed by atoms with Crippen molar-refractivity contribution in [3.05, 3.63) is 63.2 Å². The number of nitrogens with one attached hydrogen (secondary N) is 1. The molecule has 1 amide bonds. The van der Waals surface area contributed by atoms with Crippen LogP contribution in [-0.4, -0.2) is 61.2 Å². The first kappa shape index (κ1) is 22.2. The first-order valence-electron chi connectivity index (χ1n) is 9.20. The largest absolute Gasteiger partial charge is 0.325 e. The van der Waals surface area contributed by atoms with Gasteiger partial charge in [-0.1, -0.05) is 23.7 Å². The summed E-state index contributed by atoms with van der Waals surface area (Å²) in [7, 11) is -3.64. The molecule has 11 heteroatoms. The third-order valence-electron chi connectivity index (χ3n) is 4.82. The lowest BCUT2D eigenvalue weighted by atomic mass is 10.2. The Bertz CT molecular complexity index is 1070. The molecule has 0 bridgehead atoms. The number of carbonyl (C=O) groups excluding carboxylic acids is 1. The van der Waals surface area contributed by atoms with Gasteiger partial charge in [-0.15, -0.1) is 0 Å². The Morgan fingerprint density at radius 1 is 1.17 bits per heavy atom. The zero-order valence-corrected chi connectivity index (χ0v) is 17.8. The van der Waals surface area contributed by atoms with Gasteiger partial charge in [0.15, 0.2) is 0 Å². The fourth-order valence-corrected chi connectivity index (χ4v) is 4.92. The summed E-state index contributed by atoms with van der Waals surface area (Å²) in [5, 5.41) is 14.0. The van der Waals surface area contributed by atoms with Gasteiger partial charge in [-0.25, -0.2) is 8.42 Å². The first-order valence-corrected chi connectivity index (χ1v) is 11.0. The van der Waals surface area contributed by atoms with Gasteiger partial charge in [0.1, 0.15) is 0 Å². The van der Waals surface area contributed by atoms with Crippen molar-refractivity contribution in [1.29, 1.82) is 0 Å². The second-order valence-corrected chi connectivity index (χ2v) is 9.32. The number of sulfonamides is 1. The number of rotatable bonds is 6. The van der Waals surface area contributed by atoms with Crippen LogP contribution < -0.4 is 5.32 Å². The van der Waals surface area contributed by atoms with Crippen molar-refractivity contribution in [3.63, 3.8) is 0 Å². The molecular weight excluding hydrogens is 432 g/mol. The lowest BCUT2D eigenvalue weighted by Crippen LogP contribution is -2.50. The van der Waals surface area contributed by atoms with Crippen LogP contribution in [0.1, 0.15) is 5.56 Å². The van der Waals surface area contributed by atoms with Crippen molar-refractivity contribution in [3.8, 4) is 0 Å². The van der Waals surface area contributed by atoms with Crippen molar-refractivity contribution in [2.24, 2.45) is 0 Å². The minimum absolute atomic E-state index is 0.0622. The van der Waals surface area contributed by atoms with E-state index in [1.54, 1.807) is 31.2 Å². The molecule has 30 heavy (non-hydrogen) atoms. The molecule has 1 aliphatic heterocycles. The van der Waals surface area contributed by atoms with Gasteiger partial charge in [0.05, 0.1) is 16.4 Å². The molecule has 0 radical (unpaired) electrons. The minimum Gasteiger partial charge on any atom is -0.325 e. The zero-order chi connectivity index (χ0) is 21.9. The number of piperazine rings is 1. The molecule has 1 fully saturated rings. The lowest BCUT2D eigenvalue weighted by Gasteiger charge is -2.33. The first-order chi connectivity index (χ1) is 14.2. The van der Waals surface area contributed by atoms with Crippen LogP contribution in [0.5, 0.6) is 0 Å². The maximum atomic E-state index is 12.7. The Labute approximate surface area is 179 Å². The zero-order valence-electron chi connectivity index (χ0n) is 16.2. The number of amides is 1. The van der Waals surface area contributed by atoms with Crippen LogP contribution in [0.25, 0.3) is 0 Å². The fraction of sp³-hybridized carbons (Fsp3) is 0.316. The van der Waals surface area contributed by atoms with Crippen molar-refractivity contribution in [2.75, 3.05) is 38.0 Å². The monoisotopic (exact) mass is 452 g/mol. The molecule has 1 heterocycles. The number of aryl methyl sites for hydroxylation is 1. The van der Waals surface area contributed by atoms with E-state index in [1.165, 1.54) is 22.5 Å². The van der Waals surface area contributed by atoms with E-state index in [-0.39, 0.29) is 36.1 Å². The van der Waals surface area contributed by atoms with Gasteiger partial charge < -0.3 is 5.32 Å². The smallest absolute Gasteiger partial charge is 0.274 e. The van der Waals surface area contributed by atoms with Gasteiger partial charge in [-0.3, -0.25) is 19.8 Å². The van der Waals surface area contributed by atoms with Crippen LogP contribution >= 0.6 is 11.6 Å². The van der Waals surface area contributed by atoms with Gasteiger partial charge in [0.25, 0.3) is 5.69 Å². The number of halogens is 1. The average molecular weight is 453 g/mol. The van der Waals surface area contributed by atoms with Crippen LogP contribution in [0, 0.1) is 17.0 Å². The molecule has 1 N–H and O–H groups in total. The Morgan fingerprint density at radius 3 is 2.50 bits per heavy atom. The SMILES string of the molecule is Cc1ccc(NC(=O)CN2CCN(S(=O)(=O)c3cccc(Cl)c3)CC2)cc1[N+](=O)[O-]. The van der Waals surface area contributed by atoms with Crippen LogP contribution in [0.4, 0.5) is 11.4 Å². The molecule has 3 rings (SSSR count). The number of carbonyl (C=O) groups is 1. The highest BCUT2D eigenvalue weighted by Crippen LogP contribution is 2.23. The molecule has 2 aromatic carbocycles. The molecule has 9 nitrogen and oxygen atoms in total. The average Bonchev–Trinajstić information content (AvgIpc) is 2.69. The molecule has 0 aliphatic carbocycles. The molecule has 0 unspecified atom stereocenters. The molecule has 0 atom stereocenters. The van der Waals surface area contributed by atoms with Crippen LogP contribution in [-0.2, 0) is 14.8 Å². The highest BCUT2D eigenvalue weighted by Gasteiger charge is 2.29. The Hall–Kier alpha value is -2.53. The number of nitro benzene ring substituents is 1. The van der Waals surface area contributed by atoms with E-state index in [0.717, 1.165) is 0 Å². The van der Waals surface area contributed by atoms with Gasteiger partial charge in [-0.2, -0.15) is 4.31 Å². The summed E-state index contributed by atoms with van der Waals surface area (Å²) in [5.74, 6) is -0.320. The van der Waals surface area contributed by atoms with E-state index in [4.69, 9.17) is 11.6 Å².